The molecule has 0 bridgehead atoms. The smallest absolute Gasteiger partial charge is 0.219 e. The van der Waals surface area contributed by atoms with Gasteiger partial charge in [0.1, 0.15) is 5.92 Å². The fourth-order valence-electron chi connectivity index (χ4n) is 1.57. The molecule has 0 saturated heterocycles. The van der Waals surface area contributed by atoms with E-state index in [0.717, 1.165) is 0 Å². The molecule has 0 fully saturated rings. The summed E-state index contributed by atoms with van der Waals surface area (Å²) < 4.78 is 5.01. The zero-order valence-corrected chi connectivity index (χ0v) is 10.6. The Kier molecular flexibility index (Phi) is 3.71. The Bertz CT molecular complexity index is 628. The summed E-state index contributed by atoms with van der Waals surface area (Å²) in [6, 6.07) is 11.5. The maximum atomic E-state index is 12.1. The molecule has 0 amide bonds. The molecule has 0 aliphatic carbocycles. The van der Waals surface area contributed by atoms with Gasteiger partial charge in [0.25, 0.3) is 0 Å². The van der Waals surface area contributed by atoms with E-state index in [4.69, 9.17) is 32.9 Å². The quantitative estimate of drug-likeness (QED) is 0.796. The summed E-state index contributed by atoms with van der Waals surface area (Å²) in [4.78, 5) is 12.1. The maximum Gasteiger partial charge on any atom is 0.219 e. The molecule has 0 spiro atoms. The van der Waals surface area contributed by atoms with Crippen LogP contribution in [0.3, 0.4) is 0 Å². The molecule has 1 aromatic heterocycles. The topological polar surface area (TPSA) is 54.0 Å². The van der Waals surface area contributed by atoms with E-state index < -0.39 is 11.7 Å². The van der Waals surface area contributed by atoms with Gasteiger partial charge in [-0.3, -0.25) is 4.79 Å². The molecular weight excluding hydrogens is 273 g/mol. The molecule has 1 heterocycles. The Morgan fingerprint density at radius 3 is 2.50 bits per heavy atom. The van der Waals surface area contributed by atoms with Crippen LogP contribution >= 0.6 is 23.2 Å². The van der Waals surface area contributed by atoms with Crippen molar-refractivity contribution >= 4 is 29.0 Å². The van der Waals surface area contributed by atoms with Crippen LogP contribution in [-0.4, -0.2) is 5.78 Å². The molecule has 1 aromatic carbocycles. The van der Waals surface area contributed by atoms with Crippen LogP contribution in [0.5, 0.6) is 0 Å². The third kappa shape index (κ3) is 2.40. The zero-order valence-electron chi connectivity index (χ0n) is 9.06. The predicted molar refractivity (Wildman–Crippen MR) is 67.9 cm³/mol. The molecule has 0 radical (unpaired) electrons. The Morgan fingerprint density at radius 1 is 1.22 bits per heavy atom. The fourth-order valence-corrected chi connectivity index (χ4v) is 1.96. The number of benzene rings is 1. The average Bonchev–Trinajstić information content (AvgIpc) is 2.79. The first-order valence-corrected chi connectivity index (χ1v) is 5.82. The van der Waals surface area contributed by atoms with E-state index in [2.05, 4.69) is 0 Å². The Balaban J connectivity index is 2.39. The van der Waals surface area contributed by atoms with Crippen LogP contribution < -0.4 is 0 Å². The van der Waals surface area contributed by atoms with Gasteiger partial charge in [0.15, 0.2) is 11.0 Å². The van der Waals surface area contributed by atoms with Crippen LogP contribution in [0.2, 0.25) is 10.2 Å². The van der Waals surface area contributed by atoms with Gasteiger partial charge in [-0.15, -0.1) is 0 Å². The molecule has 90 valence electrons. The van der Waals surface area contributed by atoms with Gasteiger partial charge in [-0.1, -0.05) is 29.8 Å². The fraction of sp³-hybridized carbons (Fsp3) is 0.0769. The van der Waals surface area contributed by atoms with Crippen molar-refractivity contribution in [3.63, 3.8) is 0 Å². The molecule has 3 nitrogen and oxygen atoms in total. The van der Waals surface area contributed by atoms with E-state index in [1.807, 2.05) is 6.07 Å². The second-order valence-corrected chi connectivity index (χ2v) is 4.33. The molecular formula is C13H7Cl2NO2. The van der Waals surface area contributed by atoms with E-state index in [-0.39, 0.29) is 11.0 Å². The number of nitriles is 1. The lowest BCUT2D eigenvalue weighted by Crippen LogP contribution is -2.10. The van der Waals surface area contributed by atoms with Gasteiger partial charge >= 0.3 is 0 Å². The summed E-state index contributed by atoms with van der Waals surface area (Å²) in [6.45, 7) is 0. The standard InChI is InChI=1S/C13H7Cl2NO2/c14-10-4-2-1-3-8(10)9(7-16)13(17)11-5-6-12(15)18-11/h1-6,9H. The Hall–Kier alpha value is -1.76. The second kappa shape index (κ2) is 5.26. The SMILES string of the molecule is N#CC(C(=O)c1ccc(Cl)o1)c1ccccc1Cl. The number of furan rings is 1. The van der Waals surface area contributed by atoms with E-state index >= 15 is 0 Å². The summed E-state index contributed by atoms with van der Waals surface area (Å²) in [5.74, 6) is -1.41. The summed E-state index contributed by atoms with van der Waals surface area (Å²) >= 11 is 11.6. The van der Waals surface area contributed by atoms with Crippen molar-refractivity contribution in [2.45, 2.75) is 5.92 Å². The Morgan fingerprint density at radius 2 is 1.94 bits per heavy atom. The third-order valence-corrected chi connectivity index (χ3v) is 2.97. The van der Waals surface area contributed by atoms with Crippen LogP contribution in [0.4, 0.5) is 0 Å². The van der Waals surface area contributed by atoms with Crippen LogP contribution in [0.15, 0.2) is 40.8 Å². The van der Waals surface area contributed by atoms with Gasteiger partial charge in [0.05, 0.1) is 6.07 Å². The summed E-state index contributed by atoms with van der Waals surface area (Å²) in [6.07, 6.45) is 0. The van der Waals surface area contributed by atoms with E-state index in [9.17, 15) is 4.79 Å². The summed E-state index contributed by atoms with van der Waals surface area (Å²) in [5, 5.41) is 9.61. The van der Waals surface area contributed by atoms with Gasteiger partial charge < -0.3 is 4.42 Å². The highest BCUT2D eigenvalue weighted by Crippen LogP contribution is 2.28. The maximum absolute atomic E-state index is 12.1. The lowest BCUT2D eigenvalue weighted by Gasteiger charge is -2.08. The van der Waals surface area contributed by atoms with Crippen molar-refractivity contribution in [3.05, 3.63) is 58.0 Å². The van der Waals surface area contributed by atoms with Crippen molar-refractivity contribution in [2.24, 2.45) is 0 Å². The zero-order chi connectivity index (χ0) is 13.1. The van der Waals surface area contributed by atoms with Gasteiger partial charge in [-0.25, -0.2) is 0 Å². The van der Waals surface area contributed by atoms with Crippen LogP contribution in [0, 0.1) is 11.3 Å². The normalized spacial score (nSPS) is 11.8. The minimum absolute atomic E-state index is 0.0477. The molecule has 5 heteroatoms. The lowest BCUT2D eigenvalue weighted by molar-refractivity contribution is 0.0952. The number of ketones is 1. The van der Waals surface area contributed by atoms with Gasteiger partial charge in [-0.2, -0.15) is 5.26 Å². The highest BCUT2D eigenvalue weighted by Gasteiger charge is 2.26. The average molecular weight is 280 g/mol. The highest BCUT2D eigenvalue weighted by molar-refractivity contribution is 6.32. The van der Waals surface area contributed by atoms with Gasteiger partial charge in [-0.05, 0) is 35.4 Å². The number of halogens is 2. The minimum atomic E-state index is -0.999. The molecule has 0 aliphatic rings. The van der Waals surface area contributed by atoms with Gasteiger partial charge in [0.2, 0.25) is 5.78 Å². The van der Waals surface area contributed by atoms with E-state index in [1.165, 1.54) is 12.1 Å². The van der Waals surface area contributed by atoms with Crippen molar-refractivity contribution in [1.29, 1.82) is 5.26 Å². The lowest BCUT2D eigenvalue weighted by atomic mass is 9.95. The van der Waals surface area contributed by atoms with Gasteiger partial charge in [0, 0.05) is 5.02 Å². The van der Waals surface area contributed by atoms with Crippen LogP contribution in [0.25, 0.3) is 0 Å². The predicted octanol–water partition coefficient (Wildman–Crippen LogP) is 4.08. The van der Waals surface area contributed by atoms with Crippen molar-refractivity contribution < 1.29 is 9.21 Å². The Labute approximate surface area is 114 Å². The number of Topliss-reactive ketones (excluding diaryl/α,β-unsaturated/α-hetero) is 1. The summed E-state index contributed by atoms with van der Waals surface area (Å²) in [5.41, 5.74) is 0.458. The highest BCUT2D eigenvalue weighted by atomic mass is 35.5. The number of hydrogen-bond donors (Lipinski definition) is 0. The first-order chi connectivity index (χ1) is 8.63. The summed E-state index contributed by atoms with van der Waals surface area (Å²) in [7, 11) is 0. The second-order valence-electron chi connectivity index (χ2n) is 3.55. The largest absolute Gasteiger partial charge is 0.442 e. The molecule has 0 N–H and O–H groups in total. The number of rotatable bonds is 3. The third-order valence-electron chi connectivity index (χ3n) is 2.42. The monoisotopic (exact) mass is 279 g/mol. The van der Waals surface area contributed by atoms with Crippen molar-refractivity contribution in [1.82, 2.24) is 0 Å². The molecule has 18 heavy (non-hydrogen) atoms. The van der Waals surface area contributed by atoms with Crippen LogP contribution in [-0.2, 0) is 0 Å². The van der Waals surface area contributed by atoms with Crippen molar-refractivity contribution in [3.8, 4) is 6.07 Å². The number of nitrogens with zero attached hydrogens (tertiary/aromatic N) is 1. The number of carbonyl (C=O) groups is 1. The van der Waals surface area contributed by atoms with Crippen molar-refractivity contribution in [2.75, 3.05) is 0 Å². The molecule has 2 aromatic rings. The molecule has 1 atom stereocenters. The first kappa shape index (κ1) is 12.7. The first-order valence-electron chi connectivity index (χ1n) is 5.07. The van der Waals surface area contributed by atoms with E-state index in [0.29, 0.717) is 10.6 Å². The minimum Gasteiger partial charge on any atom is -0.442 e. The van der Waals surface area contributed by atoms with E-state index in [1.54, 1.807) is 24.3 Å². The number of hydrogen-bond acceptors (Lipinski definition) is 3. The molecule has 1 unspecified atom stereocenters. The van der Waals surface area contributed by atoms with Crippen LogP contribution in [0.1, 0.15) is 22.0 Å². The molecule has 0 aliphatic heterocycles. The molecule has 0 saturated carbocycles. The molecule has 2 rings (SSSR count). The number of carbonyl (C=O) groups excluding carboxylic acids is 1.